The molecule has 2 aromatic carbocycles. The summed E-state index contributed by atoms with van der Waals surface area (Å²) in [5, 5.41) is 0. The molecule has 2 heteroatoms. The fourth-order valence-corrected chi connectivity index (χ4v) is 6.82. The van der Waals surface area contributed by atoms with Crippen LogP contribution in [0.5, 0.6) is 0 Å². The molecule has 0 bridgehead atoms. The van der Waals surface area contributed by atoms with Crippen LogP contribution in [0.4, 0.5) is 0 Å². The number of hydrogen-bond acceptors (Lipinski definition) is 0. The van der Waals surface area contributed by atoms with E-state index in [9.17, 15) is 0 Å². The summed E-state index contributed by atoms with van der Waals surface area (Å²) in [7, 11) is 0. The summed E-state index contributed by atoms with van der Waals surface area (Å²) in [4.78, 5) is 0. The van der Waals surface area contributed by atoms with Gasteiger partial charge in [-0.2, -0.15) is 0 Å². The summed E-state index contributed by atoms with van der Waals surface area (Å²) in [6.07, 6.45) is 0. The molecule has 14 heavy (non-hydrogen) atoms. The van der Waals surface area contributed by atoms with Gasteiger partial charge in [-0.3, -0.25) is 0 Å². The van der Waals surface area contributed by atoms with Gasteiger partial charge in [-0.05, 0) is 0 Å². The number of benzene rings is 2. The number of hydrogen-bond donors (Lipinski definition) is 0. The van der Waals surface area contributed by atoms with Crippen molar-refractivity contribution in [3.05, 3.63) is 60.7 Å². The van der Waals surface area contributed by atoms with E-state index in [1.165, 1.54) is 8.79 Å². The molecule has 0 N–H and O–H groups in total. The predicted octanol–water partition coefficient (Wildman–Crippen LogP) is 2.19. The van der Waals surface area contributed by atoms with E-state index >= 15 is 0 Å². The molecule has 0 amide bonds. The minimum atomic E-state index is -1.39. The van der Waals surface area contributed by atoms with Crippen LogP contribution in [-0.2, 0) is 0 Å². The van der Waals surface area contributed by atoms with Gasteiger partial charge in [0.1, 0.15) is 0 Å². The maximum atomic E-state index is 3.86. The first-order chi connectivity index (χ1) is 6.88. The Morgan fingerprint density at radius 1 is 0.643 bits per heavy atom. The van der Waals surface area contributed by atoms with Gasteiger partial charge >= 0.3 is 96.0 Å². The molecule has 0 fully saturated rings. The topological polar surface area (TPSA) is 0 Å². The van der Waals surface area contributed by atoms with Gasteiger partial charge in [0.05, 0.1) is 0 Å². The zero-order chi connectivity index (χ0) is 9.80. The van der Waals surface area contributed by atoms with Crippen molar-refractivity contribution in [2.24, 2.45) is 0 Å². The summed E-state index contributed by atoms with van der Waals surface area (Å²) in [6.45, 7) is 0. The van der Waals surface area contributed by atoms with Gasteiger partial charge in [-0.15, -0.1) is 0 Å². The zero-order valence-corrected chi connectivity index (χ0v) is 11.3. The van der Waals surface area contributed by atoms with E-state index in [4.69, 9.17) is 0 Å². The van der Waals surface area contributed by atoms with E-state index in [-0.39, 0.29) is 0 Å². The molecule has 0 nitrogen and oxygen atoms in total. The Hall–Kier alpha value is -0.537. The molecule has 0 saturated heterocycles. The van der Waals surface area contributed by atoms with Crippen molar-refractivity contribution in [3.8, 4) is 0 Å². The molecular weight excluding hydrogens is 297 g/mol. The molecule has 2 aromatic rings. The monoisotopic (exact) mass is 307 g/mol. The first-order valence-electron chi connectivity index (χ1n) is 4.51. The van der Waals surface area contributed by atoms with Crippen LogP contribution in [0.15, 0.2) is 60.7 Å². The van der Waals surface area contributed by atoms with Crippen molar-refractivity contribution in [2.45, 2.75) is 0 Å². The third-order valence-electron chi connectivity index (χ3n) is 2.05. The van der Waals surface area contributed by atoms with Crippen LogP contribution in [0.3, 0.4) is 0 Å². The Morgan fingerprint density at radius 2 is 1.00 bits per heavy atom. The molecule has 0 spiro atoms. The summed E-state index contributed by atoms with van der Waals surface area (Å²) >= 11 is 2.47. The van der Waals surface area contributed by atoms with Crippen molar-refractivity contribution in [3.63, 3.8) is 0 Å². The molecule has 69 valence electrons. The maximum absolute atomic E-state index is 3.86. The first-order valence-corrected chi connectivity index (χ1v) is 11.5. The van der Waals surface area contributed by atoms with Crippen LogP contribution in [0.2, 0.25) is 0 Å². The molecule has 1 radical (unpaired) electrons. The van der Waals surface area contributed by atoms with E-state index in [1.54, 1.807) is 0 Å². The molecule has 0 saturated carbocycles. The van der Waals surface area contributed by atoms with Crippen LogP contribution in [-0.4, -0.2) is 12.5 Å². The van der Waals surface area contributed by atoms with Crippen LogP contribution in [0.25, 0.3) is 0 Å². The van der Waals surface area contributed by atoms with Crippen LogP contribution in [0.1, 0.15) is 0 Å². The predicted molar refractivity (Wildman–Crippen MR) is 66.8 cm³/mol. The second-order valence-electron chi connectivity index (χ2n) is 3.05. The van der Waals surface area contributed by atoms with Crippen LogP contribution in [0, 0.1) is 0 Å². The normalized spacial score (nSPS) is 10.4. The van der Waals surface area contributed by atoms with Crippen LogP contribution < -0.4 is 8.79 Å². The average Bonchev–Trinajstić information content (AvgIpc) is 2.30. The van der Waals surface area contributed by atoms with Gasteiger partial charge in [-0.25, -0.2) is 0 Å². The van der Waals surface area contributed by atoms with E-state index < -0.39 is 12.5 Å². The van der Waals surface area contributed by atoms with Crippen molar-refractivity contribution in [2.75, 3.05) is 0 Å². The SMILES string of the molecule is [Br][Ge]([c]1ccccc1)[c]1ccccc1. The fourth-order valence-electron chi connectivity index (χ4n) is 1.34. The molecule has 2 rings (SSSR count). The summed E-state index contributed by atoms with van der Waals surface area (Å²) in [5.41, 5.74) is 0. The minimum absolute atomic E-state index is 1.39. The van der Waals surface area contributed by atoms with Crippen molar-refractivity contribution >= 4 is 35.3 Å². The summed E-state index contributed by atoms with van der Waals surface area (Å²) < 4.78 is 2.91. The van der Waals surface area contributed by atoms with Crippen molar-refractivity contribution in [1.82, 2.24) is 0 Å². The number of rotatable bonds is 2. The molecule has 0 atom stereocenters. The van der Waals surface area contributed by atoms with Crippen molar-refractivity contribution < 1.29 is 0 Å². The van der Waals surface area contributed by atoms with Crippen molar-refractivity contribution in [1.29, 1.82) is 0 Å². The third-order valence-corrected chi connectivity index (χ3v) is 10.3. The van der Waals surface area contributed by atoms with E-state index in [0.29, 0.717) is 0 Å². The molecule has 0 heterocycles. The van der Waals surface area contributed by atoms with Gasteiger partial charge in [-0.1, -0.05) is 0 Å². The Balaban J connectivity index is 2.30. The number of halogens is 1. The standard InChI is InChI=1S/C12H10BrGe/c13-14(11-7-3-1-4-8-11)12-9-5-2-6-10-12/h1-10H. The second-order valence-corrected chi connectivity index (χ2v) is 10.9. The molecular formula is C12H10BrGe. The Kier molecular flexibility index (Phi) is 3.43. The van der Waals surface area contributed by atoms with Gasteiger partial charge in [0, 0.05) is 0 Å². The van der Waals surface area contributed by atoms with E-state index in [2.05, 4.69) is 74.7 Å². The Labute approximate surface area is 95.7 Å². The van der Waals surface area contributed by atoms with Crippen LogP contribution >= 0.6 is 14.0 Å². The molecule has 0 aliphatic rings. The summed E-state index contributed by atoms with van der Waals surface area (Å²) in [5.74, 6) is 0. The molecule has 0 aromatic heterocycles. The average molecular weight is 307 g/mol. The third kappa shape index (κ3) is 2.28. The van der Waals surface area contributed by atoms with Gasteiger partial charge < -0.3 is 0 Å². The van der Waals surface area contributed by atoms with E-state index in [1.807, 2.05) is 0 Å². The van der Waals surface area contributed by atoms with E-state index in [0.717, 1.165) is 0 Å². The quantitative estimate of drug-likeness (QED) is 0.746. The second kappa shape index (κ2) is 4.80. The van der Waals surface area contributed by atoms with Gasteiger partial charge in [0.15, 0.2) is 0 Å². The molecule has 0 aliphatic carbocycles. The zero-order valence-electron chi connectivity index (χ0n) is 7.65. The Morgan fingerprint density at radius 3 is 1.36 bits per heavy atom. The van der Waals surface area contributed by atoms with Gasteiger partial charge in [0.25, 0.3) is 0 Å². The summed E-state index contributed by atoms with van der Waals surface area (Å²) in [6, 6.07) is 21.4. The molecule has 0 unspecified atom stereocenters. The first kappa shape index (κ1) is 10.00. The van der Waals surface area contributed by atoms with Gasteiger partial charge in [0.2, 0.25) is 0 Å². The Bertz CT molecular complexity index is 346. The molecule has 0 aliphatic heterocycles. The fraction of sp³-hybridized carbons (Fsp3) is 0.